The Bertz CT molecular complexity index is 160. The van der Waals surface area contributed by atoms with Gasteiger partial charge in [-0.25, -0.2) is 4.31 Å². The molecular weight excluding hydrogens is 226 g/mol. The van der Waals surface area contributed by atoms with Gasteiger partial charge in [0.05, 0.1) is 13.5 Å². The zero-order valence-corrected chi connectivity index (χ0v) is 10.1. The number of carbonyl (C=O) groups is 1. The van der Waals surface area contributed by atoms with Gasteiger partial charge in [-0.05, 0) is 17.1 Å². The fourth-order valence-corrected chi connectivity index (χ4v) is 1.66. The number of hydrogen-bond acceptors (Lipinski definition) is 5. The number of nitrogens with zero attached hydrogens (tertiary/aromatic N) is 1. The second kappa shape index (κ2) is 9.58. The summed E-state index contributed by atoms with van der Waals surface area (Å²) < 4.78 is 11.3. The number of esters is 1. The molecular formula is C8H16ClNO3S. The van der Waals surface area contributed by atoms with Gasteiger partial charge in [-0.2, -0.15) is 0 Å². The molecule has 0 unspecified atom stereocenters. The smallest absolute Gasteiger partial charge is 0.306 e. The van der Waals surface area contributed by atoms with Crippen LogP contribution in [0.5, 0.6) is 0 Å². The van der Waals surface area contributed by atoms with Gasteiger partial charge in [-0.3, -0.25) is 4.79 Å². The molecule has 0 heterocycles. The molecule has 0 aliphatic rings. The highest BCUT2D eigenvalue weighted by Gasteiger charge is 2.07. The lowest BCUT2D eigenvalue weighted by Crippen LogP contribution is -2.21. The lowest BCUT2D eigenvalue weighted by molar-refractivity contribution is -0.140. The van der Waals surface area contributed by atoms with Crippen molar-refractivity contribution in [2.75, 3.05) is 33.9 Å². The van der Waals surface area contributed by atoms with Crippen molar-refractivity contribution in [3.05, 3.63) is 0 Å². The largest absolute Gasteiger partial charge is 0.469 e. The van der Waals surface area contributed by atoms with E-state index in [1.807, 2.05) is 4.31 Å². The summed E-state index contributed by atoms with van der Waals surface area (Å²) in [4.78, 5) is 10.8. The number of hydrogen-bond donors (Lipinski definition) is 0. The third-order valence-corrected chi connectivity index (χ3v) is 2.79. The number of carbonyl (C=O) groups excluding carboxylic acids is 1. The Balaban J connectivity index is 3.52. The Labute approximate surface area is 93.5 Å². The first-order valence-corrected chi connectivity index (χ1v) is 5.94. The number of rotatable bonds is 8. The van der Waals surface area contributed by atoms with E-state index in [1.165, 1.54) is 7.11 Å². The van der Waals surface area contributed by atoms with Gasteiger partial charge in [-0.1, -0.05) is 0 Å². The zero-order chi connectivity index (χ0) is 10.8. The lowest BCUT2D eigenvalue weighted by Gasteiger charge is -2.16. The minimum Gasteiger partial charge on any atom is -0.469 e. The summed E-state index contributed by atoms with van der Waals surface area (Å²) in [5.74, 6) is -0.215. The van der Waals surface area contributed by atoms with E-state index in [2.05, 4.69) is 4.74 Å². The van der Waals surface area contributed by atoms with Crippen molar-refractivity contribution >= 4 is 27.8 Å². The van der Waals surface area contributed by atoms with Crippen molar-refractivity contribution < 1.29 is 14.3 Å². The van der Waals surface area contributed by atoms with Gasteiger partial charge in [0.2, 0.25) is 0 Å². The molecule has 0 saturated carbocycles. The van der Waals surface area contributed by atoms with Crippen LogP contribution in [0.2, 0.25) is 0 Å². The second-order valence-electron chi connectivity index (χ2n) is 2.67. The van der Waals surface area contributed by atoms with Crippen LogP contribution in [-0.4, -0.2) is 44.2 Å². The van der Waals surface area contributed by atoms with Gasteiger partial charge in [0.15, 0.2) is 0 Å². The molecule has 0 atom stereocenters. The van der Waals surface area contributed by atoms with E-state index in [4.69, 9.17) is 15.4 Å². The molecule has 84 valence electrons. The Morgan fingerprint density at radius 3 is 2.64 bits per heavy atom. The van der Waals surface area contributed by atoms with Crippen molar-refractivity contribution in [2.24, 2.45) is 0 Å². The van der Waals surface area contributed by atoms with Gasteiger partial charge < -0.3 is 9.47 Å². The first-order valence-electron chi connectivity index (χ1n) is 4.34. The van der Waals surface area contributed by atoms with Crippen LogP contribution in [0.3, 0.4) is 0 Å². The molecule has 0 saturated heterocycles. The SMILES string of the molecule is COCCCN(CCC(=O)OC)SCl. The van der Waals surface area contributed by atoms with Crippen LogP contribution in [0.1, 0.15) is 12.8 Å². The molecule has 0 rings (SSSR count). The summed E-state index contributed by atoms with van der Waals surface area (Å²) in [5, 5.41) is 0. The zero-order valence-electron chi connectivity index (χ0n) is 8.49. The first-order chi connectivity index (χ1) is 6.74. The Hall–Kier alpha value is 0.0300. The number of halogens is 1. The molecule has 0 amide bonds. The van der Waals surface area contributed by atoms with Crippen LogP contribution >= 0.6 is 21.8 Å². The van der Waals surface area contributed by atoms with Crippen LogP contribution in [0, 0.1) is 0 Å². The first kappa shape index (κ1) is 14.0. The summed E-state index contributed by atoms with van der Waals surface area (Å²) in [6, 6.07) is 0. The third kappa shape index (κ3) is 7.44. The van der Waals surface area contributed by atoms with Gasteiger partial charge >= 0.3 is 5.97 Å². The average Bonchev–Trinajstić information content (AvgIpc) is 2.22. The fourth-order valence-electron chi connectivity index (χ4n) is 0.884. The van der Waals surface area contributed by atoms with Crippen LogP contribution < -0.4 is 0 Å². The Kier molecular flexibility index (Phi) is 9.60. The summed E-state index contributed by atoms with van der Waals surface area (Å²) in [6.45, 7) is 2.11. The van der Waals surface area contributed by atoms with Crippen molar-refractivity contribution in [2.45, 2.75) is 12.8 Å². The predicted octanol–water partition coefficient (Wildman–Crippen LogP) is 1.69. The molecule has 6 heteroatoms. The van der Waals surface area contributed by atoms with Gasteiger partial charge in [-0.15, -0.1) is 0 Å². The normalized spacial score (nSPS) is 10.6. The molecule has 0 aliphatic carbocycles. The Morgan fingerprint density at radius 2 is 2.14 bits per heavy atom. The topological polar surface area (TPSA) is 38.8 Å². The maximum Gasteiger partial charge on any atom is 0.306 e. The molecule has 4 nitrogen and oxygen atoms in total. The summed E-state index contributed by atoms with van der Waals surface area (Å²) in [5.41, 5.74) is 0. The molecule has 0 aromatic rings. The average molecular weight is 242 g/mol. The van der Waals surface area contributed by atoms with E-state index in [1.54, 1.807) is 7.11 Å². The summed E-state index contributed by atoms with van der Waals surface area (Å²) in [6.07, 6.45) is 1.26. The molecule has 0 spiro atoms. The van der Waals surface area contributed by atoms with Crippen LogP contribution in [0.4, 0.5) is 0 Å². The number of methoxy groups -OCH3 is 2. The minimum atomic E-state index is -0.215. The molecule has 0 bridgehead atoms. The predicted molar refractivity (Wildman–Crippen MR) is 58.1 cm³/mol. The van der Waals surface area contributed by atoms with Gasteiger partial charge in [0.1, 0.15) is 0 Å². The van der Waals surface area contributed by atoms with E-state index in [0.29, 0.717) is 19.6 Å². The van der Waals surface area contributed by atoms with E-state index in [-0.39, 0.29) is 5.97 Å². The van der Waals surface area contributed by atoms with E-state index in [0.717, 1.165) is 24.1 Å². The minimum absolute atomic E-state index is 0.215. The van der Waals surface area contributed by atoms with Crippen molar-refractivity contribution in [3.8, 4) is 0 Å². The van der Waals surface area contributed by atoms with Crippen molar-refractivity contribution in [1.82, 2.24) is 4.31 Å². The quantitative estimate of drug-likeness (QED) is 0.367. The van der Waals surface area contributed by atoms with Crippen molar-refractivity contribution in [1.29, 1.82) is 0 Å². The molecule has 0 aromatic carbocycles. The second-order valence-corrected chi connectivity index (χ2v) is 3.74. The molecule has 0 N–H and O–H groups in total. The molecule has 0 radical (unpaired) electrons. The highest BCUT2D eigenvalue weighted by atomic mass is 35.7. The van der Waals surface area contributed by atoms with Gasteiger partial charge in [0, 0.05) is 38.0 Å². The molecule has 14 heavy (non-hydrogen) atoms. The van der Waals surface area contributed by atoms with Gasteiger partial charge in [0.25, 0.3) is 0 Å². The molecule has 0 aromatic heterocycles. The van der Waals surface area contributed by atoms with Crippen LogP contribution in [-0.2, 0) is 14.3 Å². The van der Waals surface area contributed by atoms with Crippen molar-refractivity contribution in [3.63, 3.8) is 0 Å². The number of ether oxygens (including phenoxy) is 2. The fraction of sp³-hybridized carbons (Fsp3) is 0.875. The lowest BCUT2D eigenvalue weighted by atomic mass is 10.4. The Morgan fingerprint density at radius 1 is 1.43 bits per heavy atom. The standard InChI is InChI=1S/C8H16ClNO3S/c1-12-7-3-5-10(14-9)6-4-8(11)13-2/h3-7H2,1-2H3. The summed E-state index contributed by atoms with van der Waals surface area (Å²) >= 11 is 1.12. The highest BCUT2D eigenvalue weighted by Crippen LogP contribution is 2.15. The maximum atomic E-state index is 10.8. The highest BCUT2D eigenvalue weighted by molar-refractivity contribution is 8.19. The molecule has 0 aliphatic heterocycles. The monoisotopic (exact) mass is 241 g/mol. The molecule has 0 fully saturated rings. The maximum absolute atomic E-state index is 10.8. The van der Waals surface area contributed by atoms with E-state index in [9.17, 15) is 4.79 Å². The van der Waals surface area contributed by atoms with Crippen LogP contribution in [0.15, 0.2) is 0 Å². The third-order valence-electron chi connectivity index (χ3n) is 1.65. The van der Waals surface area contributed by atoms with E-state index < -0.39 is 0 Å². The van der Waals surface area contributed by atoms with Crippen LogP contribution in [0.25, 0.3) is 0 Å². The van der Waals surface area contributed by atoms with E-state index >= 15 is 0 Å². The summed E-state index contributed by atoms with van der Waals surface area (Å²) in [7, 11) is 8.66.